The zero-order valence-electron chi connectivity index (χ0n) is 16.0. The number of morpholine rings is 1. The number of rotatable bonds is 4. The van der Waals surface area contributed by atoms with Crippen molar-refractivity contribution in [2.24, 2.45) is 0 Å². The molecule has 0 saturated carbocycles. The lowest BCUT2D eigenvalue weighted by molar-refractivity contribution is -0.0440. The van der Waals surface area contributed by atoms with Crippen molar-refractivity contribution in [3.63, 3.8) is 0 Å². The van der Waals surface area contributed by atoms with Crippen LogP contribution < -0.4 is 5.32 Å². The van der Waals surface area contributed by atoms with Gasteiger partial charge in [-0.3, -0.25) is 4.79 Å². The average Bonchev–Trinajstić information content (AvgIpc) is 2.63. The maximum Gasteiger partial charge on any atom is 0.255 e. The third-order valence-corrected chi connectivity index (χ3v) is 6.62. The van der Waals surface area contributed by atoms with E-state index in [0.717, 1.165) is 5.56 Å². The number of ether oxygens (including phenoxy) is 1. The highest BCUT2D eigenvalue weighted by atomic mass is 35.5. The first-order valence-corrected chi connectivity index (χ1v) is 10.8. The van der Waals surface area contributed by atoms with Crippen LogP contribution in [-0.4, -0.2) is 43.9 Å². The molecule has 0 radical (unpaired) electrons. The maximum absolute atomic E-state index is 13.0. The Morgan fingerprint density at radius 1 is 1.14 bits per heavy atom. The van der Waals surface area contributed by atoms with E-state index >= 15 is 0 Å². The van der Waals surface area contributed by atoms with Crippen LogP contribution in [0.15, 0.2) is 47.4 Å². The van der Waals surface area contributed by atoms with E-state index in [1.165, 1.54) is 16.4 Å². The van der Waals surface area contributed by atoms with E-state index in [-0.39, 0.29) is 41.7 Å². The number of hydrogen-bond acceptors (Lipinski definition) is 4. The van der Waals surface area contributed by atoms with Crippen LogP contribution >= 0.6 is 11.6 Å². The molecule has 0 aliphatic carbocycles. The molecule has 1 amide bonds. The van der Waals surface area contributed by atoms with E-state index < -0.39 is 10.0 Å². The van der Waals surface area contributed by atoms with E-state index in [0.29, 0.717) is 10.7 Å². The molecule has 150 valence electrons. The largest absolute Gasteiger partial charge is 0.373 e. The summed E-state index contributed by atoms with van der Waals surface area (Å²) in [5.74, 6) is -0.383. The van der Waals surface area contributed by atoms with Crippen LogP contribution in [0.1, 0.15) is 29.8 Å². The summed E-state index contributed by atoms with van der Waals surface area (Å²) in [7, 11) is -3.71. The molecule has 3 rings (SSSR count). The van der Waals surface area contributed by atoms with Gasteiger partial charge in [-0.1, -0.05) is 17.7 Å². The van der Waals surface area contributed by atoms with Crippen LogP contribution in [0, 0.1) is 6.92 Å². The summed E-state index contributed by atoms with van der Waals surface area (Å²) in [5.41, 5.74) is 1.71. The van der Waals surface area contributed by atoms with Gasteiger partial charge in [0.05, 0.1) is 17.1 Å². The molecule has 0 spiro atoms. The maximum atomic E-state index is 13.0. The second kappa shape index (κ2) is 8.21. The van der Waals surface area contributed by atoms with Crippen molar-refractivity contribution in [3.05, 3.63) is 58.6 Å². The van der Waals surface area contributed by atoms with Crippen LogP contribution in [0.4, 0.5) is 5.69 Å². The molecule has 1 heterocycles. The van der Waals surface area contributed by atoms with Crippen LogP contribution in [0.2, 0.25) is 5.02 Å². The zero-order chi connectivity index (χ0) is 20.5. The third-order valence-electron chi connectivity index (χ3n) is 4.56. The number of hydrogen-bond donors (Lipinski definition) is 1. The first kappa shape index (κ1) is 20.8. The second-order valence-corrected chi connectivity index (χ2v) is 9.39. The van der Waals surface area contributed by atoms with Gasteiger partial charge in [0.1, 0.15) is 0 Å². The van der Waals surface area contributed by atoms with E-state index in [4.69, 9.17) is 16.3 Å². The van der Waals surface area contributed by atoms with Crippen molar-refractivity contribution in [2.75, 3.05) is 18.4 Å². The quantitative estimate of drug-likeness (QED) is 0.815. The molecule has 1 aliphatic rings. The lowest BCUT2D eigenvalue weighted by Crippen LogP contribution is -2.48. The van der Waals surface area contributed by atoms with Gasteiger partial charge >= 0.3 is 0 Å². The number of halogens is 1. The Hall–Kier alpha value is -1.93. The van der Waals surface area contributed by atoms with E-state index in [9.17, 15) is 13.2 Å². The number of amides is 1. The Morgan fingerprint density at radius 3 is 2.46 bits per heavy atom. The van der Waals surface area contributed by atoms with Gasteiger partial charge in [-0.25, -0.2) is 8.42 Å². The monoisotopic (exact) mass is 422 g/mol. The fourth-order valence-electron chi connectivity index (χ4n) is 3.24. The number of nitrogens with one attached hydrogen (secondary N) is 1. The smallest absolute Gasteiger partial charge is 0.255 e. The van der Waals surface area contributed by atoms with Crippen molar-refractivity contribution in [1.82, 2.24) is 4.31 Å². The number of carbonyl (C=O) groups excluding carboxylic acids is 1. The Labute approximate surface area is 170 Å². The topological polar surface area (TPSA) is 75.7 Å². The first-order chi connectivity index (χ1) is 13.2. The number of aryl methyl sites for hydroxylation is 1. The molecule has 1 N–H and O–H groups in total. The predicted octanol–water partition coefficient (Wildman–Crippen LogP) is 3.70. The van der Waals surface area contributed by atoms with Gasteiger partial charge in [0.15, 0.2) is 0 Å². The van der Waals surface area contributed by atoms with Gasteiger partial charge in [0, 0.05) is 29.4 Å². The summed E-state index contributed by atoms with van der Waals surface area (Å²) in [6, 6.07) is 11.2. The number of nitrogens with zero attached hydrogens (tertiary/aromatic N) is 1. The molecule has 2 unspecified atom stereocenters. The Kier molecular flexibility index (Phi) is 6.09. The average molecular weight is 423 g/mol. The molecule has 0 bridgehead atoms. The molecule has 2 aromatic carbocycles. The first-order valence-electron chi connectivity index (χ1n) is 9.00. The van der Waals surface area contributed by atoms with E-state index in [1.807, 2.05) is 20.8 Å². The van der Waals surface area contributed by atoms with Crippen LogP contribution in [0.3, 0.4) is 0 Å². The molecule has 6 nitrogen and oxygen atoms in total. The highest BCUT2D eigenvalue weighted by molar-refractivity contribution is 7.89. The second-order valence-electron chi connectivity index (χ2n) is 7.02. The zero-order valence-corrected chi connectivity index (χ0v) is 17.5. The minimum atomic E-state index is -3.71. The predicted molar refractivity (Wildman–Crippen MR) is 109 cm³/mol. The van der Waals surface area contributed by atoms with Crippen molar-refractivity contribution in [3.8, 4) is 0 Å². The molecule has 1 aliphatic heterocycles. The normalized spacial score (nSPS) is 20.7. The van der Waals surface area contributed by atoms with E-state index in [2.05, 4.69) is 5.32 Å². The summed E-state index contributed by atoms with van der Waals surface area (Å²) < 4.78 is 33.1. The molecule has 2 atom stereocenters. The van der Waals surface area contributed by atoms with Gasteiger partial charge < -0.3 is 10.1 Å². The van der Waals surface area contributed by atoms with Gasteiger partial charge in [-0.05, 0) is 62.7 Å². The van der Waals surface area contributed by atoms with E-state index in [1.54, 1.807) is 30.3 Å². The van der Waals surface area contributed by atoms with Crippen LogP contribution in [0.25, 0.3) is 0 Å². The molecule has 28 heavy (non-hydrogen) atoms. The summed E-state index contributed by atoms with van der Waals surface area (Å²) in [6.07, 6.45) is -0.365. The van der Waals surface area contributed by atoms with Crippen molar-refractivity contribution >= 4 is 33.2 Å². The minimum Gasteiger partial charge on any atom is -0.373 e. The molecule has 1 fully saturated rings. The fourth-order valence-corrected chi connectivity index (χ4v) is 5.10. The number of carbonyl (C=O) groups is 1. The summed E-state index contributed by atoms with van der Waals surface area (Å²) in [4.78, 5) is 12.7. The van der Waals surface area contributed by atoms with Gasteiger partial charge in [-0.2, -0.15) is 4.31 Å². The lowest BCUT2D eigenvalue weighted by Gasteiger charge is -2.34. The summed E-state index contributed by atoms with van der Waals surface area (Å²) in [5, 5.41) is 3.38. The van der Waals surface area contributed by atoms with Gasteiger partial charge in [0.2, 0.25) is 10.0 Å². The molecule has 1 saturated heterocycles. The molecule has 2 aromatic rings. The Morgan fingerprint density at radius 2 is 1.82 bits per heavy atom. The minimum absolute atomic E-state index is 0.0919. The molecular weight excluding hydrogens is 400 g/mol. The lowest BCUT2D eigenvalue weighted by atomic mass is 10.1. The molecular formula is C20H23ClN2O4S. The Bertz CT molecular complexity index is 983. The number of benzene rings is 2. The number of sulfonamides is 1. The Balaban J connectivity index is 1.84. The third kappa shape index (κ3) is 4.55. The highest BCUT2D eigenvalue weighted by Gasteiger charge is 2.32. The standard InChI is InChI=1S/C20H23ClN2O4S/c1-13-9-17(21)7-8-19(13)22-20(24)16-5-4-6-18(10-16)28(25,26)23-11-14(2)27-15(3)12-23/h4-10,14-15H,11-12H2,1-3H3,(H,22,24). The summed E-state index contributed by atoms with van der Waals surface area (Å²) in [6.45, 7) is 6.09. The van der Waals surface area contributed by atoms with Gasteiger partial charge in [-0.15, -0.1) is 0 Å². The van der Waals surface area contributed by atoms with Crippen molar-refractivity contribution < 1.29 is 17.9 Å². The van der Waals surface area contributed by atoms with Gasteiger partial charge in [0.25, 0.3) is 5.91 Å². The van der Waals surface area contributed by atoms with Crippen LogP contribution in [-0.2, 0) is 14.8 Å². The molecule has 0 aromatic heterocycles. The SMILES string of the molecule is Cc1cc(Cl)ccc1NC(=O)c1cccc(S(=O)(=O)N2CC(C)OC(C)C2)c1. The number of anilines is 1. The van der Waals surface area contributed by atoms with Crippen LogP contribution in [0.5, 0.6) is 0 Å². The fraction of sp³-hybridized carbons (Fsp3) is 0.350. The summed E-state index contributed by atoms with van der Waals surface area (Å²) >= 11 is 5.94. The van der Waals surface area contributed by atoms with Crippen molar-refractivity contribution in [1.29, 1.82) is 0 Å². The molecule has 8 heteroatoms. The highest BCUT2D eigenvalue weighted by Crippen LogP contribution is 2.23. The van der Waals surface area contributed by atoms with Crippen molar-refractivity contribution in [2.45, 2.75) is 37.9 Å².